The van der Waals surface area contributed by atoms with Gasteiger partial charge in [-0.15, -0.1) is 0 Å². The zero-order chi connectivity index (χ0) is 17.2. The Balaban J connectivity index is 1.50. The molecule has 0 radical (unpaired) electrons. The van der Waals surface area contributed by atoms with Crippen LogP contribution in [0.5, 0.6) is 0 Å². The number of likely N-dealkylation sites (tertiary alicyclic amines) is 1. The maximum Gasteiger partial charge on any atom is 0.0992 e. The van der Waals surface area contributed by atoms with Crippen LogP contribution in [0.2, 0.25) is 0 Å². The molecule has 2 aromatic heterocycles. The van der Waals surface area contributed by atoms with Crippen molar-refractivity contribution in [1.29, 1.82) is 0 Å². The van der Waals surface area contributed by atoms with Gasteiger partial charge in [0.2, 0.25) is 0 Å². The van der Waals surface area contributed by atoms with Crippen molar-refractivity contribution in [3.63, 3.8) is 0 Å². The fourth-order valence-corrected chi connectivity index (χ4v) is 4.17. The highest BCUT2D eigenvalue weighted by molar-refractivity contribution is 5.58. The average Bonchev–Trinajstić information content (AvgIpc) is 3.37. The highest BCUT2D eigenvalue weighted by Crippen LogP contribution is 2.43. The Labute approximate surface area is 150 Å². The lowest BCUT2D eigenvalue weighted by Gasteiger charge is -2.34. The molecule has 0 unspecified atom stereocenters. The van der Waals surface area contributed by atoms with Crippen LogP contribution in [0, 0.1) is 5.92 Å². The van der Waals surface area contributed by atoms with Crippen LogP contribution in [0.15, 0.2) is 61.9 Å². The summed E-state index contributed by atoms with van der Waals surface area (Å²) in [4.78, 5) is 6.81. The summed E-state index contributed by atoms with van der Waals surface area (Å²) in [7, 11) is 0. The second-order valence-electron chi connectivity index (χ2n) is 7.38. The summed E-state index contributed by atoms with van der Waals surface area (Å²) in [6, 6.07) is 2.33. The number of nitrogens with zero attached hydrogens (tertiary/aromatic N) is 3. The fraction of sp³-hybridized carbons (Fsp3) is 0.409. The number of allylic oxidation sites excluding steroid dienone is 3. The summed E-state index contributed by atoms with van der Waals surface area (Å²) >= 11 is 0. The van der Waals surface area contributed by atoms with Crippen LogP contribution >= 0.6 is 0 Å². The lowest BCUT2D eigenvalue weighted by atomic mass is 9.87. The largest absolute Gasteiger partial charge is 0.372 e. The van der Waals surface area contributed by atoms with Crippen LogP contribution < -0.4 is 0 Å². The highest BCUT2D eigenvalue weighted by Gasteiger charge is 2.29. The van der Waals surface area contributed by atoms with Gasteiger partial charge >= 0.3 is 0 Å². The summed E-state index contributed by atoms with van der Waals surface area (Å²) < 4.78 is 2.18. The normalized spacial score (nSPS) is 19.4. The topological polar surface area (TPSA) is 20.5 Å². The van der Waals surface area contributed by atoms with Gasteiger partial charge in [-0.2, -0.15) is 0 Å². The van der Waals surface area contributed by atoms with Gasteiger partial charge in [0, 0.05) is 25.0 Å². The van der Waals surface area contributed by atoms with E-state index in [1.54, 1.807) is 11.1 Å². The van der Waals surface area contributed by atoms with Crippen molar-refractivity contribution >= 4 is 5.52 Å². The van der Waals surface area contributed by atoms with Crippen LogP contribution in [-0.2, 0) is 6.42 Å². The first-order valence-electron chi connectivity index (χ1n) is 9.43. The minimum absolute atomic E-state index is 0.754. The van der Waals surface area contributed by atoms with Gasteiger partial charge in [0.05, 0.1) is 18.0 Å². The number of rotatable bonds is 6. The quantitative estimate of drug-likeness (QED) is 0.713. The van der Waals surface area contributed by atoms with E-state index < -0.39 is 0 Å². The number of piperidine rings is 1. The number of imidazole rings is 1. The van der Waals surface area contributed by atoms with E-state index in [9.17, 15) is 0 Å². The molecule has 0 atom stereocenters. The van der Waals surface area contributed by atoms with E-state index in [-0.39, 0.29) is 0 Å². The Kier molecular flexibility index (Phi) is 4.48. The molecular weight excluding hydrogens is 306 g/mol. The summed E-state index contributed by atoms with van der Waals surface area (Å²) in [5, 5.41) is 0. The minimum atomic E-state index is 0.754. The lowest BCUT2D eigenvalue weighted by molar-refractivity contribution is 0.231. The van der Waals surface area contributed by atoms with Crippen LogP contribution in [-0.4, -0.2) is 27.4 Å². The van der Waals surface area contributed by atoms with Crippen molar-refractivity contribution in [2.45, 2.75) is 38.0 Å². The van der Waals surface area contributed by atoms with E-state index in [0.717, 1.165) is 24.9 Å². The number of hydrogen-bond acceptors (Lipinski definition) is 2. The van der Waals surface area contributed by atoms with Crippen molar-refractivity contribution in [3.8, 4) is 0 Å². The Morgan fingerprint density at radius 1 is 1.20 bits per heavy atom. The molecule has 3 heterocycles. The zero-order valence-corrected chi connectivity index (χ0v) is 14.9. The highest BCUT2D eigenvalue weighted by atomic mass is 15.1. The van der Waals surface area contributed by atoms with Crippen molar-refractivity contribution < 1.29 is 0 Å². The molecule has 3 heteroatoms. The second kappa shape index (κ2) is 6.91. The second-order valence-corrected chi connectivity index (χ2v) is 7.38. The maximum absolute atomic E-state index is 4.37. The molecule has 0 N–H and O–H groups in total. The fourth-order valence-electron chi connectivity index (χ4n) is 4.17. The molecule has 1 saturated carbocycles. The van der Waals surface area contributed by atoms with E-state index in [1.807, 2.05) is 24.7 Å². The molecule has 0 bridgehead atoms. The number of pyridine rings is 1. The summed E-state index contributed by atoms with van der Waals surface area (Å²) in [6.07, 6.45) is 18.4. The summed E-state index contributed by atoms with van der Waals surface area (Å²) in [5.74, 6) is 1.54. The van der Waals surface area contributed by atoms with Crippen LogP contribution in [0.3, 0.4) is 0 Å². The van der Waals surface area contributed by atoms with Crippen molar-refractivity contribution in [2.75, 3.05) is 13.1 Å². The van der Waals surface area contributed by atoms with E-state index >= 15 is 0 Å². The predicted octanol–water partition coefficient (Wildman–Crippen LogP) is 4.72. The van der Waals surface area contributed by atoms with Crippen molar-refractivity contribution in [2.24, 2.45) is 5.92 Å². The van der Waals surface area contributed by atoms with Crippen LogP contribution in [0.1, 0.15) is 42.7 Å². The van der Waals surface area contributed by atoms with Gasteiger partial charge in [0.1, 0.15) is 0 Å². The third-order valence-corrected chi connectivity index (χ3v) is 5.73. The molecule has 3 nitrogen and oxygen atoms in total. The first-order chi connectivity index (χ1) is 12.3. The number of aromatic nitrogens is 2. The third-order valence-electron chi connectivity index (χ3n) is 5.73. The van der Waals surface area contributed by atoms with Gasteiger partial charge < -0.3 is 9.30 Å². The first-order valence-corrected chi connectivity index (χ1v) is 9.43. The Bertz CT molecular complexity index is 802. The van der Waals surface area contributed by atoms with Gasteiger partial charge in [-0.1, -0.05) is 19.2 Å². The van der Waals surface area contributed by atoms with Gasteiger partial charge in [-0.25, -0.2) is 4.98 Å². The molecule has 0 spiro atoms. The number of fused-ring (bicyclic) bond motifs is 1. The van der Waals surface area contributed by atoms with Crippen LogP contribution in [0.4, 0.5) is 0 Å². The average molecular weight is 333 g/mol. The molecule has 25 heavy (non-hydrogen) atoms. The van der Waals surface area contributed by atoms with E-state index in [2.05, 4.69) is 45.8 Å². The van der Waals surface area contributed by atoms with Crippen molar-refractivity contribution in [1.82, 2.24) is 14.3 Å². The first kappa shape index (κ1) is 16.2. The van der Waals surface area contributed by atoms with Gasteiger partial charge in [0.15, 0.2) is 0 Å². The molecular formula is C22H27N3. The molecule has 0 aromatic carbocycles. The zero-order valence-electron chi connectivity index (χ0n) is 14.9. The molecule has 2 fully saturated rings. The SMILES string of the molecule is C=C/C=C(\C=C)N1CCC(Cc2c(C3CC3)ccn3cncc23)CC1. The number of hydrogen-bond donors (Lipinski definition) is 0. The van der Waals surface area contributed by atoms with Crippen molar-refractivity contribution in [3.05, 3.63) is 73.0 Å². The molecule has 2 aromatic rings. The molecule has 130 valence electrons. The summed E-state index contributed by atoms with van der Waals surface area (Å²) in [5.41, 5.74) is 5.63. The molecule has 1 aliphatic carbocycles. The molecule has 2 aliphatic rings. The summed E-state index contributed by atoms with van der Waals surface area (Å²) in [6.45, 7) is 9.97. The van der Waals surface area contributed by atoms with E-state index in [4.69, 9.17) is 0 Å². The Morgan fingerprint density at radius 3 is 2.68 bits per heavy atom. The van der Waals surface area contributed by atoms with E-state index in [0.29, 0.717) is 0 Å². The molecule has 1 aliphatic heterocycles. The standard InChI is InChI=1S/C22H27N3/c1-3-5-19(4-2)24-11-8-17(9-12-24)14-21-20(18-6-7-18)10-13-25-16-23-15-22(21)25/h3-5,10,13,15-18H,1-2,6-9,11-12,14H2/b19-5+. The van der Waals surface area contributed by atoms with E-state index in [1.165, 1.54) is 43.3 Å². The van der Waals surface area contributed by atoms with Gasteiger partial charge in [-0.05, 0) is 73.3 Å². The molecule has 0 amide bonds. The maximum atomic E-state index is 4.37. The predicted molar refractivity (Wildman–Crippen MR) is 104 cm³/mol. The monoisotopic (exact) mass is 333 g/mol. The van der Waals surface area contributed by atoms with Gasteiger partial charge in [-0.3, -0.25) is 0 Å². The molecule has 4 rings (SSSR count). The lowest BCUT2D eigenvalue weighted by Crippen LogP contribution is -2.33. The third kappa shape index (κ3) is 3.28. The van der Waals surface area contributed by atoms with Gasteiger partial charge in [0.25, 0.3) is 0 Å². The van der Waals surface area contributed by atoms with Crippen LogP contribution in [0.25, 0.3) is 5.52 Å². The minimum Gasteiger partial charge on any atom is -0.372 e. The molecule has 1 saturated heterocycles. The Morgan fingerprint density at radius 2 is 2.00 bits per heavy atom. The Hall–Kier alpha value is -2.29. The smallest absolute Gasteiger partial charge is 0.0992 e.